The van der Waals surface area contributed by atoms with Gasteiger partial charge in [0.05, 0.1) is 5.69 Å². The number of hydrogen-bond donors (Lipinski definition) is 2. The zero-order valence-electron chi connectivity index (χ0n) is 9.21. The molecule has 82 valence electrons. The van der Waals surface area contributed by atoms with E-state index in [-0.39, 0.29) is 11.4 Å². The average Bonchev–Trinajstić information content (AvgIpc) is 2.42. The van der Waals surface area contributed by atoms with E-state index in [9.17, 15) is 4.79 Å². The van der Waals surface area contributed by atoms with Crippen LogP contribution in [0, 0.1) is 0 Å². The van der Waals surface area contributed by atoms with Crippen LogP contribution in [0.1, 0.15) is 36.7 Å². The van der Waals surface area contributed by atoms with Gasteiger partial charge in [0.2, 0.25) is 0 Å². The Kier molecular flexibility index (Phi) is 2.21. The van der Waals surface area contributed by atoms with Crippen molar-refractivity contribution in [2.24, 2.45) is 7.05 Å². The maximum absolute atomic E-state index is 11.9. The van der Waals surface area contributed by atoms with Crippen molar-refractivity contribution in [1.29, 1.82) is 0 Å². The molecule has 1 saturated carbocycles. The van der Waals surface area contributed by atoms with Gasteiger partial charge in [-0.3, -0.25) is 4.79 Å². The summed E-state index contributed by atoms with van der Waals surface area (Å²) < 4.78 is 1.76. The van der Waals surface area contributed by atoms with Gasteiger partial charge in [-0.1, -0.05) is 0 Å². The molecule has 2 rings (SSSR count). The van der Waals surface area contributed by atoms with Gasteiger partial charge in [0.25, 0.3) is 5.91 Å². The van der Waals surface area contributed by atoms with Crippen molar-refractivity contribution in [3.8, 4) is 0 Å². The van der Waals surface area contributed by atoms with E-state index >= 15 is 0 Å². The predicted octanol–water partition coefficient (Wildman–Crippen LogP) is 1.28. The number of hydrogen-bond acceptors (Lipinski definition) is 2. The van der Waals surface area contributed by atoms with Gasteiger partial charge in [0.15, 0.2) is 0 Å². The molecule has 1 amide bonds. The molecule has 1 aliphatic carbocycles. The fourth-order valence-corrected chi connectivity index (χ4v) is 1.99. The summed E-state index contributed by atoms with van der Waals surface area (Å²) in [7, 11) is 1.83. The van der Waals surface area contributed by atoms with Gasteiger partial charge in [-0.15, -0.1) is 0 Å². The second-order valence-corrected chi connectivity index (χ2v) is 4.64. The van der Waals surface area contributed by atoms with Crippen LogP contribution in [0.25, 0.3) is 0 Å². The zero-order chi connectivity index (χ0) is 11.1. The first-order chi connectivity index (χ1) is 7.00. The molecule has 4 nitrogen and oxygen atoms in total. The van der Waals surface area contributed by atoms with Gasteiger partial charge in [-0.2, -0.15) is 0 Å². The molecule has 0 saturated heterocycles. The minimum Gasteiger partial charge on any atom is -0.397 e. The van der Waals surface area contributed by atoms with Crippen LogP contribution < -0.4 is 11.1 Å². The van der Waals surface area contributed by atoms with Crippen molar-refractivity contribution in [1.82, 2.24) is 9.88 Å². The lowest BCUT2D eigenvalue weighted by Crippen LogP contribution is -2.51. The van der Waals surface area contributed by atoms with Gasteiger partial charge in [0, 0.05) is 18.8 Å². The molecule has 3 N–H and O–H groups in total. The first-order valence-corrected chi connectivity index (χ1v) is 5.24. The van der Waals surface area contributed by atoms with Crippen molar-refractivity contribution >= 4 is 11.6 Å². The molecule has 0 bridgehead atoms. The Morgan fingerprint density at radius 3 is 2.67 bits per heavy atom. The number of rotatable bonds is 2. The van der Waals surface area contributed by atoms with Crippen molar-refractivity contribution in [3.05, 3.63) is 18.0 Å². The lowest BCUT2D eigenvalue weighted by atomic mass is 9.78. The van der Waals surface area contributed by atoms with Gasteiger partial charge < -0.3 is 15.6 Å². The van der Waals surface area contributed by atoms with Crippen molar-refractivity contribution in [2.75, 3.05) is 5.73 Å². The van der Waals surface area contributed by atoms with Crippen LogP contribution in [0.2, 0.25) is 0 Å². The van der Waals surface area contributed by atoms with Crippen LogP contribution >= 0.6 is 0 Å². The smallest absolute Gasteiger partial charge is 0.268 e. The highest BCUT2D eigenvalue weighted by molar-refractivity contribution is 5.94. The second kappa shape index (κ2) is 3.29. The number of nitrogens with two attached hydrogens (primary N) is 1. The van der Waals surface area contributed by atoms with E-state index in [1.807, 2.05) is 7.05 Å². The Balaban J connectivity index is 2.11. The highest BCUT2D eigenvalue weighted by atomic mass is 16.2. The van der Waals surface area contributed by atoms with Gasteiger partial charge in [0.1, 0.15) is 5.69 Å². The third-order valence-electron chi connectivity index (χ3n) is 3.13. The molecular weight excluding hydrogens is 190 g/mol. The number of nitrogen functional groups attached to an aromatic ring is 1. The van der Waals surface area contributed by atoms with Crippen LogP contribution in [0.15, 0.2) is 12.3 Å². The number of nitrogens with zero attached hydrogens (tertiary/aromatic N) is 1. The van der Waals surface area contributed by atoms with E-state index < -0.39 is 0 Å². The van der Waals surface area contributed by atoms with Crippen molar-refractivity contribution in [2.45, 2.75) is 31.7 Å². The topological polar surface area (TPSA) is 60.0 Å². The van der Waals surface area contributed by atoms with E-state index in [0.29, 0.717) is 11.4 Å². The lowest BCUT2D eigenvalue weighted by Gasteiger charge is -2.39. The van der Waals surface area contributed by atoms with E-state index in [2.05, 4.69) is 12.2 Å². The Labute approximate surface area is 89.5 Å². The van der Waals surface area contributed by atoms with Gasteiger partial charge in [-0.05, 0) is 32.3 Å². The highest BCUT2D eigenvalue weighted by Crippen LogP contribution is 2.31. The summed E-state index contributed by atoms with van der Waals surface area (Å²) in [5, 5.41) is 3.05. The third-order valence-corrected chi connectivity index (χ3v) is 3.13. The minimum absolute atomic E-state index is 0.00385. The molecule has 1 aromatic rings. The monoisotopic (exact) mass is 207 g/mol. The predicted molar refractivity (Wildman–Crippen MR) is 59.5 cm³/mol. The number of aryl methyl sites for hydroxylation is 1. The molecule has 0 aromatic carbocycles. The minimum atomic E-state index is -0.0311. The molecule has 0 spiro atoms. The molecule has 1 fully saturated rings. The molecule has 15 heavy (non-hydrogen) atoms. The Morgan fingerprint density at radius 1 is 1.60 bits per heavy atom. The molecule has 1 aliphatic rings. The molecule has 0 atom stereocenters. The SMILES string of the molecule is Cn1cc(N)cc1C(=O)NC1(C)CCC1. The molecule has 0 aliphatic heterocycles. The Morgan fingerprint density at radius 2 is 2.27 bits per heavy atom. The molecule has 0 radical (unpaired) electrons. The number of carbonyl (C=O) groups is 1. The quantitative estimate of drug-likeness (QED) is 0.767. The molecule has 4 heteroatoms. The first kappa shape index (κ1) is 10.1. The van der Waals surface area contributed by atoms with Crippen LogP contribution in [-0.2, 0) is 7.05 Å². The van der Waals surface area contributed by atoms with Crippen LogP contribution in [-0.4, -0.2) is 16.0 Å². The number of aromatic nitrogens is 1. The molecular formula is C11H17N3O. The normalized spacial score (nSPS) is 18.3. The van der Waals surface area contributed by atoms with Gasteiger partial charge in [-0.25, -0.2) is 0 Å². The highest BCUT2D eigenvalue weighted by Gasteiger charge is 2.33. The van der Waals surface area contributed by atoms with Crippen molar-refractivity contribution < 1.29 is 4.79 Å². The fourth-order valence-electron chi connectivity index (χ4n) is 1.99. The Bertz CT molecular complexity index is 391. The van der Waals surface area contributed by atoms with E-state index in [1.165, 1.54) is 6.42 Å². The lowest BCUT2D eigenvalue weighted by molar-refractivity contribution is 0.0842. The largest absolute Gasteiger partial charge is 0.397 e. The van der Waals surface area contributed by atoms with E-state index in [4.69, 9.17) is 5.73 Å². The number of nitrogens with one attached hydrogen (secondary N) is 1. The van der Waals surface area contributed by atoms with Crippen LogP contribution in [0.4, 0.5) is 5.69 Å². The van der Waals surface area contributed by atoms with E-state index in [1.54, 1.807) is 16.8 Å². The third kappa shape index (κ3) is 1.84. The molecule has 1 aromatic heterocycles. The summed E-state index contributed by atoms with van der Waals surface area (Å²) in [6.45, 7) is 2.08. The van der Waals surface area contributed by atoms with E-state index in [0.717, 1.165) is 12.8 Å². The average molecular weight is 207 g/mol. The number of carbonyl (C=O) groups excluding carboxylic acids is 1. The maximum Gasteiger partial charge on any atom is 0.268 e. The van der Waals surface area contributed by atoms with Crippen molar-refractivity contribution in [3.63, 3.8) is 0 Å². The summed E-state index contributed by atoms with van der Waals surface area (Å²) >= 11 is 0. The van der Waals surface area contributed by atoms with Gasteiger partial charge >= 0.3 is 0 Å². The number of amides is 1. The Hall–Kier alpha value is -1.45. The zero-order valence-corrected chi connectivity index (χ0v) is 9.21. The van der Waals surface area contributed by atoms with Crippen LogP contribution in [0.3, 0.4) is 0 Å². The second-order valence-electron chi connectivity index (χ2n) is 4.64. The standard InChI is InChI=1S/C11H17N3O/c1-11(4-3-5-11)13-10(15)9-6-8(12)7-14(9)2/h6-7H,3-5,12H2,1-2H3,(H,13,15). The first-order valence-electron chi connectivity index (χ1n) is 5.24. The summed E-state index contributed by atoms with van der Waals surface area (Å²) in [5.74, 6) is -0.0311. The maximum atomic E-state index is 11.9. The number of anilines is 1. The molecule has 1 heterocycles. The van der Waals surface area contributed by atoms with Crippen LogP contribution in [0.5, 0.6) is 0 Å². The molecule has 0 unspecified atom stereocenters. The fraction of sp³-hybridized carbons (Fsp3) is 0.545. The summed E-state index contributed by atoms with van der Waals surface area (Å²) in [6.07, 6.45) is 5.08. The summed E-state index contributed by atoms with van der Waals surface area (Å²) in [5.41, 5.74) is 6.87. The summed E-state index contributed by atoms with van der Waals surface area (Å²) in [4.78, 5) is 11.9. The summed E-state index contributed by atoms with van der Waals surface area (Å²) in [6, 6.07) is 1.71.